The van der Waals surface area contributed by atoms with Crippen LogP contribution in [-0.4, -0.2) is 33.5 Å². The Labute approximate surface area is 128 Å². The summed E-state index contributed by atoms with van der Waals surface area (Å²) < 4.78 is 7.33. The van der Waals surface area contributed by atoms with E-state index in [0.717, 1.165) is 25.0 Å². The van der Waals surface area contributed by atoms with E-state index in [0.29, 0.717) is 12.2 Å². The van der Waals surface area contributed by atoms with Gasteiger partial charge in [0, 0.05) is 12.8 Å². The van der Waals surface area contributed by atoms with Crippen molar-refractivity contribution in [2.45, 2.75) is 32.4 Å². The second-order valence-corrected chi connectivity index (χ2v) is 5.56. The summed E-state index contributed by atoms with van der Waals surface area (Å²) in [7, 11) is 0. The van der Waals surface area contributed by atoms with Crippen LogP contribution in [0.4, 0.5) is 5.69 Å². The molecule has 1 unspecified atom stereocenters. The normalized spacial score (nSPS) is 17.6. The zero-order chi connectivity index (χ0) is 15.5. The monoisotopic (exact) mass is 301 g/mol. The number of phenols is 1. The van der Waals surface area contributed by atoms with E-state index in [1.807, 2.05) is 6.92 Å². The van der Waals surface area contributed by atoms with Crippen molar-refractivity contribution in [2.75, 3.05) is 11.9 Å². The average molecular weight is 301 g/mol. The molecule has 0 spiro atoms. The number of carbonyl (C=O) groups excluding carboxylic acids is 1. The largest absolute Gasteiger partial charge is 0.507 e. The maximum Gasteiger partial charge on any atom is 0.259 e. The van der Waals surface area contributed by atoms with Crippen molar-refractivity contribution in [3.63, 3.8) is 0 Å². The third-order valence-electron chi connectivity index (χ3n) is 3.70. The molecule has 2 aromatic rings. The van der Waals surface area contributed by atoms with Crippen molar-refractivity contribution >= 4 is 11.6 Å². The maximum atomic E-state index is 12.2. The van der Waals surface area contributed by atoms with Gasteiger partial charge in [0.15, 0.2) is 0 Å². The van der Waals surface area contributed by atoms with E-state index in [-0.39, 0.29) is 23.3 Å². The molecule has 1 saturated heterocycles. The van der Waals surface area contributed by atoms with E-state index in [1.165, 1.54) is 6.07 Å². The van der Waals surface area contributed by atoms with Gasteiger partial charge in [-0.2, -0.15) is 5.10 Å². The lowest BCUT2D eigenvalue weighted by Crippen LogP contribution is -2.15. The zero-order valence-corrected chi connectivity index (χ0v) is 12.5. The highest BCUT2D eigenvalue weighted by atomic mass is 16.5. The fourth-order valence-corrected chi connectivity index (χ4v) is 2.56. The Balaban J connectivity index is 1.66. The second kappa shape index (κ2) is 6.19. The van der Waals surface area contributed by atoms with E-state index in [2.05, 4.69) is 10.4 Å². The van der Waals surface area contributed by atoms with Gasteiger partial charge in [-0.25, -0.2) is 0 Å². The number of nitrogens with one attached hydrogen (secondary N) is 1. The van der Waals surface area contributed by atoms with Gasteiger partial charge in [0.1, 0.15) is 5.75 Å². The highest BCUT2D eigenvalue weighted by molar-refractivity contribution is 6.06. The summed E-state index contributed by atoms with van der Waals surface area (Å²) in [5.74, 6) is -0.382. The number of ether oxygens (including phenoxy) is 1. The summed E-state index contributed by atoms with van der Waals surface area (Å²) in [5.41, 5.74) is 1.77. The van der Waals surface area contributed by atoms with Crippen LogP contribution >= 0.6 is 0 Å². The van der Waals surface area contributed by atoms with Crippen LogP contribution in [0.1, 0.15) is 28.8 Å². The van der Waals surface area contributed by atoms with Gasteiger partial charge in [0.25, 0.3) is 5.91 Å². The predicted octanol–water partition coefficient (Wildman–Crippen LogP) is 2.33. The molecule has 1 aromatic heterocycles. The van der Waals surface area contributed by atoms with Crippen LogP contribution in [-0.2, 0) is 11.3 Å². The van der Waals surface area contributed by atoms with Crippen molar-refractivity contribution < 1.29 is 14.6 Å². The lowest BCUT2D eigenvalue weighted by Gasteiger charge is -2.08. The molecule has 116 valence electrons. The molecule has 6 nitrogen and oxygen atoms in total. The molecule has 1 aliphatic rings. The Morgan fingerprint density at radius 3 is 3.18 bits per heavy atom. The van der Waals surface area contributed by atoms with E-state index in [9.17, 15) is 9.90 Å². The quantitative estimate of drug-likeness (QED) is 0.908. The van der Waals surface area contributed by atoms with Gasteiger partial charge >= 0.3 is 0 Å². The van der Waals surface area contributed by atoms with Crippen LogP contribution in [0.15, 0.2) is 30.6 Å². The Bertz CT molecular complexity index is 675. The number of anilines is 1. The minimum Gasteiger partial charge on any atom is -0.507 e. The molecule has 1 aliphatic heterocycles. The Morgan fingerprint density at radius 2 is 2.41 bits per heavy atom. The van der Waals surface area contributed by atoms with Gasteiger partial charge in [0.2, 0.25) is 0 Å². The van der Waals surface area contributed by atoms with Crippen molar-refractivity contribution in [2.24, 2.45) is 0 Å². The Hall–Kier alpha value is -2.34. The molecule has 1 atom stereocenters. The highest BCUT2D eigenvalue weighted by Crippen LogP contribution is 2.20. The minimum absolute atomic E-state index is 0.0325. The number of rotatable bonds is 4. The van der Waals surface area contributed by atoms with Gasteiger partial charge in [-0.05, 0) is 31.9 Å². The fraction of sp³-hybridized carbons (Fsp3) is 0.375. The molecular weight excluding hydrogens is 282 g/mol. The van der Waals surface area contributed by atoms with Gasteiger partial charge in [0.05, 0.1) is 30.1 Å². The summed E-state index contributed by atoms with van der Waals surface area (Å²) in [6, 6.07) is 4.93. The van der Waals surface area contributed by atoms with E-state index < -0.39 is 0 Å². The first-order chi connectivity index (χ1) is 10.6. The van der Waals surface area contributed by atoms with Crippen molar-refractivity contribution in [1.82, 2.24) is 9.78 Å². The van der Waals surface area contributed by atoms with Gasteiger partial charge < -0.3 is 15.2 Å². The SMILES string of the molecule is Cc1ccc(O)c(C(=O)Nc2cnn(CC3CCCO3)c2)c1. The molecule has 0 saturated carbocycles. The third kappa shape index (κ3) is 3.28. The predicted molar refractivity (Wildman–Crippen MR) is 82.0 cm³/mol. The fourth-order valence-electron chi connectivity index (χ4n) is 2.56. The number of carbonyl (C=O) groups is 1. The van der Waals surface area contributed by atoms with Crippen LogP contribution in [0, 0.1) is 6.92 Å². The summed E-state index contributed by atoms with van der Waals surface area (Å²) in [4.78, 5) is 12.2. The number of aromatic hydroxyl groups is 1. The summed E-state index contributed by atoms with van der Waals surface area (Å²) in [5, 5.41) is 16.8. The zero-order valence-electron chi connectivity index (χ0n) is 12.5. The molecule has 0 aliphatic carbocycles. The van der Waals surface area contributed by atoms with E-state index in [1.54, 1.807) is 29.2 Å². The number of hydrogen-bond donors (Lipinski definition) is 2. The molecule has 1 amide bonds. The molecule has 2 heterocycles. The molecule has 1 fully saturated rings. The molecule has 3 rings (SSSR count). The summed E-state index contributed by atoms with van der Waals surface area (Å²) in [6.45, 7) is 3.36. The summed E-state index contributed by atoms with van der Waals surface area (Å²) in [6.07, 6.45) is 5.69. The number of phenolic OH excluding ortho intramolecular Hbond substituents is 1. The van der Waals surface area contributed by atoms with Crippen LogP contribution in [0.5, 0.6) is 5.75 Å². The number of amides is 1. The topological polar surface area (TPSA) is 76.4 Å². The number of aryl methyl sites for hydroxylation is 1. The summed E-state index contributed by atoms with van der Waals surface area (Å²) >= 11 is 0. The van der Waals surface area contributed by atoms with E-state index >= 15 is 0 Å². The molecular formula is C16H19N3O3. The molecule has 6 heteroatoms. The molecule has 1 aromatic carbocycles. The molecule has 0 radical (unpaired) electrons. The van der Waals surface area contributed by atoms with Crippen LogP contribution < -0.4 is 5.32 Å². The van der Waals surface area contributed by atoms with Gasteiger partial charge in [-0.15, -0.1) is 0 Å². The Kier molecular flexibility index (Phi) is 4.11. The number of benzene rings is 1. The lowest BCUT2D eigenvalue weighted by molar-refractivity contribution is 0.0940. The highest BCUT2D eigenvalue weighted by Gasteiger charge is 2.17. The first-order valence-electron chi connectivity index (χ1n) is 7.37. The second-order valence-electron chi connectivity index (χ2n) is 5.56. The Morgan fingerprint density at radius 1 is 1.55 bits per heavy atom. The minimum atomic E-state index is -0.349. The smallest absolute Gasteiger partial charge is 0.259 e. The first-order valence-corrected chi connectivity index (χ1v) is 7.37. The lowest BCUT2D eigenvalue weighted by atomic mass is 10.1. The molecule has 2 N–H and O–H groups in total. The van der Waals surface area contributed by atoms with Crippen LogP contribution in [0.2, 0.25) is 0 Å². The van der Waals surface area contributed by atoms with Crippen molar-refractivity contribution in [1.29, 1.82) is 0 Å². The number of aromatic nitrogens is 2. The van der Waals surface area contributed by atoms with Gasteiger partial charge in [-0.1, -0.05) is 11.6 Å². The number of hydrogen-bond acceptors (Lipinski definition) is 4. The molecule has 0 bridgehead atoms. The standard InChI is InChI=1S/C16H19N3O3/c1-11-4-5-15(20)14(7-11)16(21)18-12-8-17-19(9-12)10-13-3-2-6-22-13/h4-5,7-9,13,20H,2-3,6,10H2,1H3,(H,18,21). The van der Waals surface area contributed by atoms with Crippen molar-refractivity contribution in [3.8, 4) is 5.75 Å². The molecule has 22 heavy (non-hydrogen) atoms. The number of nitrogens with zero attached hydrogens (tertiary/aromatic N) is 2. The van der Waals surface area contributed by atoms with Crippen LogP contribution in [0.3, 0.4) is 0 Å². The maximum absolute atomic E-state index is 12.2. The average Bonchev–Trinajstić information content (AvgIpc) is 3.14. The van der Waals surface area contributed by atoms with Crippen molar-refractivity contribution in [3.05, 3.63) is 41.7 Å². The van der Waals surface area contributed by atoms with E-state index in [4.69, 9.17) is 4.74 Å². The first kappa shape index (κ1) is 14.6. The van der Waals surface area contributed by atoms with Crippen LogP contribution in [0.25, 0.3) is 0 Å². The third-order valence-corrected chi connectivity index (χ3v) is 3.70. The van der Waals surface area contributed by atoms with Gasteiger partial charge in [-0.3, -0.25) is 9.48 Å².